The maximum absolute atomic E-state index is 12.8. The highest BCUT2D eigenvalue weighted by Gasteiger charge is 2.30. The normalized spacial score (nSPS) is 11.2. The third kappa shape index (κ3) is 5.59. The minimum absolute atomic E-state index is 0.00361. The number of carbonyl (C=O) groups excluding carboxylic acids is 2. The fourth-order valence-corrected chi connectivity index (χ4v) is 2.98. The first kappa shape index (κ1) is 22.6. The second-order valence-electron chi connectivity index (χ2n) is 7.09. The van der Waals surface area contributed by atoms with E-state index in [4.69, 9.17) is 4.74 Å². The fraction of sp³-hybridized carbons (Fsp3) is 0.0909. The number of benzene rings is 2. The van der Waals surface area contributed by atoms with E-state index in [0.29, 0.717) is 28.4 Å². The first-order chi connectivity index (χ1) is 16.2. The van der Waals surface area contributed by atoms with Gasteiger partial charge in [-0.3, -0.25) is 10.1 Å². The molecule has 9 nitrogen and oxygen atoms in total. The van der Waals surface area contributed by atoms with Gasteiger partial charge in [0.2, 0.25) is 17.7 Å². The summed E-state index contributed by atoms with van der Waals surface area (Å²) in [6.45, 7) is 1.38. The van der Waals surface area contributed by atoms with Crippen molar-refractivity contribution in [3.8, 4) is 11.6 Å². The molecule has 0 spiro atoms. The Morgan fingerprint density at radius 2 is 1.76 bits per heavy atom. The number of amides is 3. The zero-order chi connectivity index (χ0) is 24.3. The molecule has 0 aliphatic carbocycles. The molecule has 34 heavy (non-hydrogen) atoms. The van der Waals surface area contributed by atoms with E-state index in [1.165, 1.54) is 37.4 Å². The highest BCUT2D eigenvalue weighted by atomic mass is 19.4. The lowest BCUT2D eigenvalue weighted by atomic mass is 10.2. The summed E-state index contributed by atoms with van der Waals surface area (Å²) in [6.07, 6.45) is -3.17. The fourth-order valence-electron chi connectivity index (χ4n) is 2.98. The van der Waals surface area contributed by atoms with Crippen LogP contribution in [0, 0.1) is 0 Å². The second-order valence-corrected chi connectivity index (χ2v) is 7.09. The summed E-state index contributed by atoms with van der Waals surface area (Å²) in [4.78, 5) is 34.6. The summed E-state index contributed by atoms with van der Waals surface area (Å²) in [5.74, 6) is 0.763. The van der Waals surface area contributed by atoms with Gasteiger partial charge in [-0.25, -0.2) is 14.8 Å². The molecule has 2 heterocycles. The smallest absolute Gasteiger partial charge is 0.416 e. The van der Waals surface area contributed by atoms with Gasteiger partial charge in [0, 0.05) is 24.7 Å². The molecule has 174 valence electrons. The van der Waals surface area contributed by atoms with Crippen LogP contribution in [0.3, 0.4) is 0 Å². The molecule has 0 aliphatic rings. The van der Waals surface area contributed by atoms with Crippen LogP contribution in [0.4, 0.5) is 35.3 Å². The Kier molecular flexibility index (Phi) is 6.04. The number of carbonyl (C=O) groups is 2. The lowest BCUT2D eigenvalue weighted by molar-refractivity contribution is -0.137. The van der Waals surface area contributed by atoms with Gasteiger partial charge in [-0.1, -0.05) is 6.07 Å². The number of urea groups is 1. The highest BCUT2D eigenvalue weighted by Crippen LogP contribution is 2.30. The standard InChI is InChI=1S/C22H17F3N6O3/c1-12(32)27-20-30-17-7-6-16(10-18(17)31-20)34-19-8-5-15(11-26-19)29-21(33)28-14-4-2-3-13(9-14)22(23,24)25/h2-11H,1H3,(H2,28,29,33)(H2,27,30,31,32). The van der Waals surface area contributed by atoms with Gasteiger partial charge in [0.15, 0.2) is 0 Å². The van der Waals surface area contributed by atoms with E-state index in [1.54, 1.807) is 18.2 Å². The van der Waals surface area contributed by atoms with Crippen LogP contribution < -0.4 is 20.7 Å². The maximum Gasteiger partial charge on any atom is 0.416 e. The number of halogens is 3. The number of hydrogen-bond donors (Lipinski definition) is 4. The van der Waals surface area contributed by atoms with Crippen LogP contribution in [0.2, 0.25) is 0 Å². The summed E-state index contributed by atoms with van der Waals surface area (Å²) in [6, 6.07) is 11.7. The molecule has 0 radical (unpaired) electrons. The molecule has 4 aromatic rings. The SMILES string of the molecule is CC(=O)Nc1nc2ccc(Oc3ccc(NC(=O)Nc4cccc(C(F)(F)F)c4)cn3)cc2[nH]1. The third-order valence-corrected chi connectivity index (χ3v) is 4.41. The molecule has 0 atom stereocenters. The number of pyridine rings is 1. The lowest BCUT2D eigenvalue weighted by Gasteiger charge is -2.11. The summed E-state index contributed by atoms with van der Waals surface area (Å²) in [7, 11) is 0. The van der Waals surface area contributed by atoms with Gasteiger partial charge in [-0.05, 0) is 36.4 Å². The Bertz CT molecular complexity index is 1350. The first-order valence-corrected chi connectivity index (χ1v) is 9.82. The van der Waals surface area contributed by atoms with Crippen molar-refractivity contribution in [2.24, 2.45) is 0 Å². The maximum atomic E-state index is 12.8. The van der Waals surface area contributed by atoms with E-state index in [9.17, 15) is 22.8 Å². The Balaban J connectivity index is 1.37. The summed E-state index contributed by atoms with van der Waals surface area (Å²) >= 11 is 0. The first-order valence-electron chi connectivity index (χ1n) is 9.82. The van der Waals surface area contributed by atoms with Crippen LogP contribution in [0.5, 0.6) is 11.6 Å². The number of ether oxygens (including phenoxy) is 1. The Morgan fingerprint density at radius 3 is 2.47 bits per heavy atom. The lowest BCUT2D eigenvalue weighted by Crippen LogP contribution is -2.19. The molecular formula is C22H17F3N6O3. The van der Waals surface area contributed by atoms with Crippen LogP contribution >= 0.6 is 0 Å². The molecule has 0 unspecified atom stereocenters. The number of anilines is 3. The number of nitrogens with zero attached hydrogens (tertiary/aromatic N) is 2. The second kappa shape index (κ2) is 9.10. The van der Waals surface area contributed by atoms with Crippen molar-refractivity contribution in [2.75, 3.05) is 16.0 Å². The van der Waals surface area contributed by atoms with Gasteiger partial charge in [0.05, 0.1) is 28.5 Å². The van der Waals surface area contributed by atoms with Crippen molar-refractivity contribution in [3.63, 3.8) is 0 Å². The van der Waals surface area contributed by atoms with Crippen molar-refractivity contribution < 1.29 is 27.5 Å². The number of fused-ring (bicyclic) bond motifs is 1. The van der Waals surface area contributed by atoms with Crippen LogP contribution in [-0.2, 0) is 11.0 Å². The van der Waals surface area contributed by atoms with Crippen molar-refractivity contribution >= 4 is 40.3 Å². The summed E-state index contributed by atoms with van der Waals surface area (Å²) in [5, 5.41) is 7.39. The van der Waals surface area contributed by atoms with Crippen molar-refractivity contribution in [1.82, 2.24) is 15.0 Å². The van der Waals surface area contributed by atoms with E-state index in [-0.39, 0.29) is 17.5 Å². The van der Waals surface area contributed by atoms with Crippen LogP contribution in [0.25, 0.3) is 11.0 Å². The molecule has 2 aromatic carbocycles. The molecule has 0 bridgehead atoms. The van der Waals surface area contributed by atoms with Crippen molar-refractivity contribution in [2.45, 2.75) is 13.1 Å². The van der Waals surface area contributed by atoms with Gasteiger partial charge < -0.3 is 20.4 Å². The predicted octanol–water partition coefficient (Wildman–Crippen LogP) is 5.37. The quantitative estimate of drug-likeness (QED) is 0.312. The molecule has 0 saturated heterocycles. The number of alkyl halides is 3. The molecule has 0 saturated carbocycles. The van der Waals surface area contributed by atoms with E-state index in [1.807, 2.05) is 0 Å². The van der Waals surface area contributed by atoms with Gasteiger partial charge in [0.1, 0.15) is 5.75 Å². The molecule has 4 N–H and O–H groups in total. The Hall–Kier alpha value is -4.61. The predicted molar refractivity (Wildman–Crippen MR) is 119 cm³/mol. The molecular weight excluding hydrogens is 453 g/mol. The van der Waals surface area contributed by atoms with Gasteiger partial charge in [0.25, 0.3) is 0 Å². The number of H-pyrrole nitrogens is 1. The van der Waals surface area contributed by atoms with E-state index in [2.05, 4.69) is 30.9 Å². The number of aromatic amines is 1. The molecule has 2 aromatic heterocycles. The minimum Gasteiger partial charge on any atom is -0.439 e. The topological polar surface area (TPSA) is 121 Å². The van der Waals surface area contributed by atoms with E-state index in [0.717, 1.165) is 12.1 Å². The zero-order valence-electron chi connectivity index (χ0n) is 17.5. The molecule has 4 rings (SSSR count). The minimum atomic E-state index is -4.51. The molecule has 0 aliphatic heterocycles. The highest BCUT2D eigenvalue weighted by molar-refractivity contribution is 5.99. The van der Waals surface area contributed by atoms with Crippen molar-refractivity contribution in [1.29, 1.82) is 0 Å². The van der Waals surface area contributed by atoms with Crippen LogP contribution in [0.1, 0.15) is 12.5 Å². The summed E-state index contributed by atoms with van der Waals surface area (Å²) in [5.41, 5.74) is 0.714. The monoisotopic (exact) mass is 470 g/mol. The molecule has 12 heteroatoms. The van der Waals surface area contributed by atoms with Crippen molar-refractivity contribution in [3.05, 3.63) is 66.4 Å². The number of hydrogen-bond acceptors (Lipinski definition) is 5. The Morgan fingerprint density at radius 1 is 0.971 bits per heavy atom. The average molecular weight is 470 g/mol. The third-order valence-electron chi connectivity index (χ3n) is 4.41. The Labute approximate surface area is 190 Å². The number of rotatable bonds is 5. The molecule has 0 fully saturated rings. The number of imidazole rings is 1. The van der Waals surface area contributed by atoms with Gasteiger partial charge >= 0.3 is 12.2 Å². The molecule has 3 amide bonds. The number of nitrogens with one attached hydrogen (secondary N) is 4. The number of aromatic nitrogens is 3. The van der Waals surface area contributed by atoms with Crippen LogP contribution in [-0.4, -0.2) is 26.9 Å². The largest absolute Gasteiger partial charge is 0.439 e. The van der Waals surface area contributed by atoms with E-state index >= 15 is 0 Å². The van der Waals surface area contributed by atoms with Gasteiger partial charge in [-0.15, -0.1) is 0 Å². The zero-order valence-corrected chi connectivity index (χ0v) is 17.5. The van der Waals surface area contributed by atoms with Crippen LogP contribution in [0.15, 0.2) is 60.8 Å². The summed E-state index contributed by atoms with van der Waals surface area (Å²) < 4.78 is 44.1. The average Bonchev–Trinajstić information content (AvgIpc) is 3.15. The van der Waals surface area contributed by atoms with Gasteiger partial charge in [-0.2, -0.15) is 13.2 Å². The van der Waals surface area contributed by atoms with E-state index < -0.39 is 17.8 Å².